The maximum atomic E-state index is 12.7. The van der Waals surface area contributed by atoms with Gasteiger partial charge in [-0.3, -0.25) is 4.79 Å². The molecule has 0 aliphatic carbocycles. The summed E-state index contributed by atoms with van der Waals surface area (Å²) in [5.74, 6) is -0.774. The topological polar surface area (TPSA) is 60.7 Å². The Hall–Kier alpha value is -2.44. The number of fused-ring (bicyclic) bond motifs is 1. The van der Waals surface area contributed by atoms with Gasteiger partial charge in [-0.15, -0.1) is 0 Å². The molecule has 0 aliphatic rings. The van der Waals surface area contributed by atoms with E-state index in [4.69, 9.17) is 16.3 Å². The number of esters is 1. The first-order valence-corrected chi connectivity index (χ1v) is 9.68. The lowest BCUT2D eigenvalue weighted by Crippen LogP contribution is -2.28. The van der Waals surface area contributed by atoms with Crippen LogP contribution >= 0.6 is 22.9 Å². The molecule has 1 aromatic heterocycles. The van der Waals surface area contributed by atoms with Crippen LogP contribution in [0.3, 0.4) is 0 Å². The lowest BCUT2D eigenvalue weighted by atomic mass is 10.2. The molecule has 0 aliphatic heterocycles. The monoisotopic (exact) mass is 402 g/mol. The van der Waals surface area contributed by atoms with Gasteiger partial charge in [0.25, 0.3) is 5.91 Å². The van der Waals surface area contributed by atoms with Gasteiger partial charge in [0.2, 0.25) is 0 Å². The van der Waals surface area contributed by atoms with Gasteiger partial charge in [-0.2, -0.15) is 4.99 Å². The van der Waals surface area contributed by atoms with Crippen LogP contribution in [0.2, 0.25) is 5.02 Å². The third-order valence-electron chi connectivity index (χ3n) is 4.22. The molecule has 1 unspecified atom stereocenters. The molecule has 0 radical (unpaired) electrons. The number of amides is 1. The summed E-state index contributed by atoms with van der Waals surface area (Å²) in [6.07, 6.45) is 0.519. The van der Waals surface area contributed by atoms with E-state index < -0.39 is 11.9 Å². The average molecular weight is 403 g/mol. The predicted molar refractivity (Wildman–Crippen MR) is 107 cm³/mol. The van der Waals surface area contributed by atoms with E-state index in [1.165, 1.54) is 18.4 Å². The van der Waals surface area contributed by atoms with Gasteiger partial charge < -0.3 is 9.30 Å². The van der Waals surface area contributed by atoms with E-state index in [-0.39, 0.29) is 5.97 Å². The summed E-state index contributed by atoms with van der Waals surface area (Å²) in [5, 5.41) is 0.469. The Morgan fingerprint density at radius 1 is 1.26 bits per heavy atom. The van der Waals surface area contributed by atoms with E-state index in [1.807, 2.05) is 32.0 Å². The standard InChI is InChI=1S/C20H19ClN2O3S/c1-4-15(19(25)26-3)23-16-9-8-12(2)10-17(16)27-20(23)22-18(24)13-6-5-7-14(21)11-13/h5-11,15H,4H2,1-3H3. The molecule has 5 nitrogen and oxygen atoms in total. The van der Waals surface area contributed by atoms with Crippen molar-refractivity contribution in [3.05, 3.63) is 63.4 Å². The maximum Gasteiger partial charge on any atom is 0.328 e. The van der Waals surface area contributed by atoms with Gasteiger partial charge in [-0.1, -0.05) is 42.0 Å². The predicted octanol–water partition coefficient (Wildman–Crippen LogP) is 4.53. The first-order chi connectivity index (χ1) is 12.9. The second kappa shape index (κ2) is 8.06. The highest BCUT2D eigenvalue weighted by Gasteiger charge is 2.23. The number of aryl methyl sites for hydroxylation is 1. The zero-order chi connectivity index (χ0) is 19.6. The van der Waals surface area contributed by atoms with Crippen LogP contribution in [0.5, 0.6) is 0 Å². The summed E-state index contributed by atoms with van der Waals surface area (Å²) in [4.78, 5) is 29.7. The lowest BCUT2D eigenvalue weighted by Gasteiger charge is -2.15. The summed E-state index contributed by atoms with van der Waals surface area (Å²) in [6, 6.07) is 12.0. The molecule has 2 aromatic carbocycles. The fourth-order valence-corrected chi connectivity index (χ4v) is 4.25. The molecule has 140 valence electrons. The number of methoxy groups -OCH3 is 1. The highest BCUT2D eigenvalue weighted by Crippen LogP contribution is 2.24. The Bertz CT molecular complexity index is 1080. The maximum absolute atomic E-state index is 12.7. The second-order valence-corrected chi connectivity index (χ2v) is 7.55. The van der Waals surface area contributed by atoms with Gasteiger partial charge in [0.15, 0.2) is 4.80 Å². The van der Waals surface area contributed by atoms with Crippen molar-refractivity contribution in [1.82, 2.24) is 4.57 Å². The van der Waals surface area contributed by atoms with Gasteiger partial charge in [0.05, 0.1) is 17.3 Å². The van der Waals surface area contributed by atoms with E-state index in [0.717, 1.165) is 15.8 Å². The van der Waals surface area contributed by atoms with Crippen molar-refractivity contribution in [2.24, 2.45) is 4.99 Å². The smallest absolute Gasteiger partial charge is 0.328 e. The lowest BCUT2D eigenvalue weighted by molar-refractivity contribution is -0.144. The van der Waals surface area contributed by atoms with Crippen molar-refractivity contribution in [3.63, 3.8) is 0 Å². The Labute approximate surface area is 165 Å². The van der Waals surface area contributed by atoms with Crippen LogP contribution in [0.4, 0.5) is 0 Å². The minimum absolute atomic E-state index is 0.366. The average Bonchev–Trinajstić information content (AvgIpc) is 2.99. The number of rotatable bonds is 4. The molecular weight excluding hydrogens is 384 g/mol. The summed E-state index contributed by atoms with van der Waals surface area (Å²) in [6.45, 7) is 3.89. The van der Waals surface area contributed by atoms with Gasteiger partial charge in [0.1, 0.15) is 6.04 Å². The van der Waals surface area contributed by atoms with Gasteiger partial charge in [-0.05, 0) is 49.2 Å². The molecule has 0 saturated heterocycles. The first kappa shape index (κ1) is 19.3. The highest BCUT2D eigenvalue weighted by atomic mass is 35.5. The first-order valence-electron chi connectivity index (χ1n) is 8.48. The third-order valence-corrected chi connectivity index (χ3v) is 5.48. The van der Waals surface area contributed by atoms with Crippen LogP contribution in [0.15, 0.2) is 47.5 Å². The minimum atomic E-state index is -0.558. The van der Waals surface area contributed by atoms with Crippen molar-refractivity contribution in [3.8, 4) is 0 Å². The van der Waals surface area contributed by atoms with Crippen molar-refractivity contribution < 1.29 is 14.3 Å². The van der Waals surface area contributed by atoms with Crippen molar-refractivity contribution >= 4 is 45.0 Å². The van der Waals surface area contributed by atoms with Crippen LogP contribution in [-0.4, -0.2) is 23.6 Å². The zero-order valence-electron chi connectivity index (χ0n) is 15.2. The van der Waals surface area contributed by atoms with Crippen molar-refractivity contribution in [1.29, 1.82) is 0 Å². The van der Waals surface area contributed by atoms with Gasteiger partial charge >= 0.3 is 5.97 Å². The number of hydrogen-bond acceptors (Lipinski definition) is 4. The van der Waals surface area contributed by atoms with Crippen molar-refractivity contribution in [2.75, 3.05) is 7.11 Å². The molecule has 7 heteroatoms. The second-order valence-electron chi connectivity index (χ2n) is 6.10. The van der Waals surface area contributed by atoms with E-state index in [0.29, 0.717) is 21.8 Å². The number of thiazole rings is 1. The molecule has 0 N–H and O–H groups in total. The molecule has 0 fully saturated rings. The SMILES string of the molecule is CCC(C(=O)OC)n1c(=NC(=O)c2cccc(Cl)c2)sc2cc(C)ccc21. The van der Waals surface area contributed by atoms with Gasteiger partial charge in [0, 0.05) is 10.6 Å². The number of halogens is 1. The fourth-order valence-electron chi connectivity index (χ4n) is 2.89. The minimum Gasteiger partial charge on any atom is -0.467 e. The normalized spacial score (nSPS) is 13.0. The quantitative estimate of drug-likeness (QED) is 0.602. The molecule has 0 bridgehead atoms. The number of carbonyl (C=O) groups is 2. The number of ether oxygens (including phenoxy) is 1. The molecule has 1 atom stereocenters. The fraction of sp³-hybridized carbons (Fsp3) is 0.250. The van der Waals surface area contributed by atoms with Crippen LogP contribution in [0.1, 0.15) is 35.3 Å². The Morgan fingerprint density at radius 2 is 2.04 bits per heavy atom. The zero-order valence-corrected chi connectivity index (χ0v) is 16.8. The molecule has 3 aromatic rings. The van der Waals surface area contributed by atoms with Crippen molar-refractivity contribution in [2.45, 2.75) is 26.3 Å². The molecule has 0 saturated carbocycles. The van der Waals surface area contributed by atoms with Crippen LogP contribution in [0, 0.1) is 6.92 Å². The van der Waals surface area contributed by atoms with Crippen LogP contribution < -0.4 is 4.80 Å². The largest absolute Gasteiger partial charge is 0.467 e. The summed E-state index contributed by atoms with van der Waals surface area (Å²) in [7, 11) is 1.36. The molecule has 0 spiro atoms. The number of nitrogens with zero attached hydrogens (tertiary/aromatic N) is 2. The van der Waals surface area contributed by atoms with Gasteiger partial charge in [-0.25, -0.2) is 4.79 Å². The van der Waals surface area contributed by atoms with E-state index in [2.05, 4.69) is 4.99 Å². The van der Waals surface area contributed by atoms with E-state index in [9.17, 15) is 9.59 Å². The van der Waals surface area contributed by atoms with E-state index >= 15 is 0 Å². The summed E-state index contributed by atoms with van der Waals surface area (Å²) in [5.41, 5.74) is 2.34. The van der Waals surface area contributed by atoms with Crippen LogP contribution in [-0.2, 0) is 9.53 Å². The summed E-state index contributed by atoms with van der Waals surface area (Å²) < 4.78 is 7.70. The summed E-state index contributed by atoms with van der Waals surface area (Å²) >= 11 is 7.35. The number of hydrogen-bond donors (Lipinski definition) is 0. The van der Waals surface area contributed by atoms with Crippen LogP contribution in [0.25, 0.3) is 10.2 Å². The number of carbonyl (C=O) groups excluding carboxylic acids is 2. The molecule has 1 amide bonds. The Kier molecular flexibility index (Phi) is 5.77. The Balaban J connectivity index is 2.23. The molecular formula is C20H19ClN2O3S. The molecule has 27 heavy (non-hydrogen) atoms. The number of aromatic nitrogens is 1. The third kappa shape index (κ3) is 3.96. The molecule has 3 rings (SSSR count). The Morgan fingerprint density at radius 3 is 2.70 bits per heavy atom. The highest BCUT2D eigenvalue weighted by molar-refractivity contribution is 7.16. The van der Waals surface area contributed by atoms with E-state index in [1.54, 1.807) is 28.8 Å². The number of benzene rings is 2. The molecule has 1 heterocycles.